The summed E-state index contributed by atoms with van der Waals surface area (Å²) in [6.45, 7) is 6.36. The van der Waals surface area contributed by atoms with Crippen LogP contribution in [0.2, 0.25) is 0 Å². The second-order valence-corrected chi connectivity index (χ2v) is 6.73. The van der Waals surface area contributed by atoms with Gasteiger partial charge in [-0.1, -0.05) is 42.5 Å². The summed E-state index contributed by atoms with van der Waals surface area (Å²) >= 11 is 0. The zero-order chi connectivity index (χ0) is 19.6. The molecule has 1 heterocycles. The van der Waals surface area contributed by atoms with Crippen LogP contribution in [-0.2, 0) is 13.0 Å². The molecule has 1 aliphatic rings. The predicted octanol–water partition coefficient (Wildman–Crippen LogP) is 3.37. The number of rotatable bonds is 8. The summed E-state index contributed by atoms with van der Waals surface area (Å²) in [4.78, 5) is 7.07. The molecule has 0 radical (unpaired) electrons. The van der Waals surface area contributed by atoms with Gasteiger partial charge in [0.05, 0.1) is 13.7 Å². The maximum Gasteiger partial charge on any atom is 0.191 e. The minimum absolute atomic E-state index is 0.655. The van der Waals surface area contributed by atoms with Gasteiger partial charge in [-0.2, -0.15) is 0 Å². The van der Waals surface area contributed by atoms with Crippen LogP contribution < -0.4 is 20.3 Å². The molecule has 0 aliphatic carbocycles. The molecule has 0 unspecified atom stereocenters. The van der Waals surface area contributed by atoms with E-state index in [9.17, 15) is 0 Å². The van der Waals surface area contributed by atoms with Crippen molar-refractivity contribution in [1.82, 2.24) is 10.6 Å². The van der Waals surface area contributed by atoms with E-state index < -0.39 is 0 Å². The van der Waals surface area contributed by atoms with Crippen LogP contribution in [0.3, 0.4) is 0 Å². The van der Waals surface area contributed by atoms with E-state index in [2.05, 4.69) is 64.9 Å². The van der Waals surface area contributed by atoms with E-state index >= 15 is 0 Å². The predicted molar refractivity (Wildman–Crippen MR) is 117 cm³/mol. The van der Waals surface area contributed by atoms with Crippen molar-refractivity contribution >= 4 is 11.6 Å². The van der Waals surface area contributed by atoms with E-state index in [4.69, 9.17) is 9.73 Å². The molecule has 0 fully saturated rings. The highest BCUT2D eigenvalue weighted by molar-refractivity contribution is 5.79. The van der Waals surface area contributed by atoms with Crippen molar-refractivity contribution in [3.63, 3.8) is 0 Å². The number of ether oxygens (including phenoxy) is 1. The standard InChI is InChI=1S/C23H30N4O/c1-3-24-23(25-15-14-20-8-4-5-9-22(20)28-2)26-18-19-10-12-21(13-11-19)27-16-6-7-17-27/h4-13H,3,14-18H2,1-2H3,(H2,24,25,26). The molecule has 1 aliphatic heterocycles. The van der Waals surface area contributed by atoms with Crippen molar-refractivity contribution in [2.75, 3.05) is 38.2 Å². The minimum atomic E-state index is 0.655. The molecule has 2 aromatic rings. The molecule has 5 heteroatoms. The van der Waals surface area contributed by atoms with Gasteiger partial charge in [0.25, 0.3) is 0 Å². The Morgan fingerprint density at radius 2 is 1.79 bits per heavy atom. The Balaban J connectivity index is 1.53. The number of hydrogen-bond acceptors (Lipinski definition) is 3. The molecule has 0 spiro atoms. The Bertz CT molecular complexity index is 791. The van der Waals surface area contributed by atoms with Crippen LogP contribution in [-0.4, -0.2) is 39.2 Å². The largest absolute Gasteiger partial charge is 0.496 e. The summed E-state index contributed by atoms with van der Waals surface area (Å²) in [5.74, 6) is 1.77. The molecule has 0 atom stereocenters. The summed E-state index contributed by atoms with van der Waals surface area (Å²) < 4.78 is 5.42. The van der Waals surface area contributed by atoms with Crippen molar-refractivity contribution in [1.29, 1.82) is 0 Å². The third-order valence-corrected chi connectivity index (χ3v) is 4.76. The summed E-state index contributed by atoms with van der Waals surface area (Å²) in [5, 5.41) is 6.73. The fourth-order valence-corrected chi connectivity index (χ4v) is 3.24. The molecule has 5 nitrogen and oxygen atoms in total. The number of nitrogens with one attached hydrogen (secondary N) is 2. The normalized spacial score (nSPS) is 13.6. The van der Waals surface area contributed by atoms with Gasteiger partial charge in [-0.3, -0.25) is 0 Å². The fourth-order valence-electron chi connectivity index (χ4n) is 3.24. The van der Waals surface area contributed by atoms with Crippen LogP contribution in [0, 0.1) is 0 Å². The maximum atomic E-state index is 5.42. The average molecular weight is 379 g/mol. The van der Waals surface area contributed by atoms with Crippen LogP contribution in [0.15, 0.2) is 65.7 Å². The quantitative estimate of drug-likeness (QED) is 0.420. The number of nitrogens with zero attached hydrogens (tertiary/aromatic N) is 2. The lowest BCUT2D eigenvalue weighted by atomic mass is 10.1. The molecular weight excluding hydrogens is 348 g/mol. The SMILES string of the molecule is CCNC(=NCc1ccc(N2CC=CC2)cc1)NCCc1ccccc1OC. The van der Waals surface area contributed by atoms with Crippen molar-refractivity contribution in [3.8, 4) is 5.75 Å². The maximum absolute atomic E-state index is 5.42. The second-order valence-electron chi connectivity index (χ2n) is 6.73. The first kappa shape index (κ1) is 19.8. The first-order valence-electron chi connectivity index (χ1n) is 9.93. The van der Waals surface area contributed by atoms with Crippen LogP contribution in [0.1, 0.15) is 18.1 Å². The van der Waals surface area contributed by atoms with Gasteiger partial charge >= 0.3 is 0 Å². The lowest BCUT2D eigenvalue weighted by molar-refractivity contribution is 0.409. The van der Waals surface area contributed by atoms with Gasteiger partial charge in [0.2, 0.25) is 0 Å². The number of hydrogen-bond donors (Lipinski definition) is 2. The Hall–Kier alpha value is -2.95. The number of benzene rings is 2. The molecule has 0 bridgehead atoms. The second kappa shape index (κ2) is 10.4. The van der Waals surface area contributed by atoms with Gasteiger partial charge in [-0.25, -0.2) is 4.99 Å². The van der Waals surface area contributed by atoms with Gasteiger partial charge in [0.15, 0.2) is 5.96 Å². The summed E-state index contributed by atoms with van der Waals surface area (Å²) in [6.07, 6.45) is 5.29. The van der Waals surface area contributed by atoms with E-state index in [1.165, 1.54) is 16.8 Å². The lowest BCUT2D eigenvalue weighted by Crippen LogP contribution is -2.38. The zero-order valence-corrected chi connectivity index (χ0v) is 16.8. The van der Waals surface area contributed by atoms with E-state index in [0.717, 1.165) is 44.3 Å². The molecule has 0 saturated heterocycles. The monoisotopic (exact) mass is 378 g/mol. The Morgan fingerprint density at radius 1 is 1.04 bits per heavy atom. The molecule has 3 rings (SSSR count). The van der Waals surface area contributed by atoms with Crippen molar-refractivity contribution in [3.05, 3.63) is 71.8 Å². The Labute approximate surface area is 168 Å². The Morgan fingerprint density at radius 3 is 2.50 bits per heavy atom. The lowest BCUT2D eigenvalue weighted by Gasteiger charge is -2.17. The van der Waals surface area contributed by atoms with Crippen molar-refractivity contribution in [2.24, 2.45) is 4.99 Å². The molecule has 28 heavy (non-hydrogen) atoms. The number of para-hydroxylation sites is 1. The van der Waals surface area contributed by atoms with Crippen LogP contribution >= 0.6 is 0 Å². The van der Waals surface area contributed by atoms with Crippen LogP contribution in [0.5, 0.6) is 5.75 Å². The van der Waals surface area contributed by atoms with E-state index in [1.807, 2.05) is 18.2 Å². The van der Waals surface area contributed by atoms with Crippen molar-refractivity contribution in [2.45, 2.75) is 19.9 Å². The van der Waals surface area contributed by atoms with Gasteiger partial charge < -0.3 is 20.3 Å². The summed E-state index contributed by atoms with van der Waals surface area (Å²) in [5.41, 5.74) is 3.66. The molecule has 2 N–H and O–H groups in total. The fraction of sp³-hybridized carbons (Fsp3) is 0.348. The molecule has 0 saturated carbocycles. The zero-order valence-electron chi connectivity index (χ0n) is 16.8. The van der Waals surface area contributed by atoms with Gasteiger partial charge in [0, 0.05) is 31.9 Å². The smallest absolute Gasteiger partial charge is 0.191 e. The topological polar surface area (TPSA) is 48.9 Å². The van der Waals surface area contributed by atoms with Crippen LogP contribution in [0.25, 0.3) is 0 Å². The third-order valence-electron chi connectivity index (χ3n) is 4.76. The highest BCUT2D eigenvalue weighted by Crippen LogP contribution is 2.18. The summed E-state index contributed by atoms with van der Waals surface area (Å²) in [7, 11) is 1.71. The van der Waals surface area contributed by atoms with Gasteiger partial charge in [-0.05, 0) is 42.7 Å². The average Bonchev–Trinajstić information content (AvgIpc) is 3.27. The van der Waals surface area contributed by atoms with Gasteiger partial charge in [0.1, 0.15) is 5.75 Å². The minimum Gasteiger partial charge on any atom is -0.496 e. The Kier molecular flexibility index (Phi) is 7.36. The van der Waals surface area contributed by atoms with E-state index in [0.29, 0.717) is 6.54 Å². The van der Waals surface area contributed by atoms with E-state index in [-0.39, 0.29) is 0 Å². The number of methoxy groups -OCH3 is 1. The van der Waals surface area contributed by atoms with E-state index in [1.54, 1.807) is 7.11 Å². The molecular formula is C23H30N4O. The first-order chi connectivity index (χ1) is 13.8. The molecule has 2 aromatic carbocycles. The number of anilines is 1. The van der Waals surface area contributed by atoms with Gasteiger partial charge in [-0.15, -0.1) is 0 Å². The molecule has 0 amide bonds. The number of guanidine groups is 1. The third kappa shape index (κ3) is 5.52. The summed E-state index contributed by atoms with van der Waals surface area (Å²) in [6, 6.07) is 16.8. The van der Waals surface area contributed by atoms with Crippen molar-refractivity contribution < 1.29 is 4.74 Å². The highest BCUT2D eigenvalue weighted by Gasteiger charge is 2.07. The highest BCUT2D eigenvalue weighted by atomic mass is 16.5. The number of aliphatic imine (C=N–C) groups is 1. The molecule has 0 aromatic heterocycles. The molecule has 148 valence electrons. The first-order valence-corrected chi connectivity index (χ1v) is 9.93. The van der Waals surface area contributed by atoms with Crippen LogP contribution in [0.4, 0.5) is 5.69 Å².